The summed E-state index contributed by atoms with van der Waals surface area (Å²) in [4.78, 5) is 11.9. The Morgan fingerprint density at radius 2 is 1.67 bits per heavy atom. The Kier molecular flexibility index (Phi) is 5.78. The third-order valence-electron chi connectivity index (χ3n) is 6.82. The zero-order chi connectivity index (χ0) is 24.5. The first-order valence-corrected chi connectivity index (χ1v) is 12.3. The van der Waals surface area contributed by atoms with Crippen molar-refractivity contribution in [2.75, 3.05) is 11.9 Å². The van der Waals surface area contributed by atoms with Gasteiger partial charge in [0, 0.05) is 0 Å². The van der Waals surface area contributed by atoms with E-state index < -0.39 is 0 Å². The van der Waals surface area contributed by atoms with Gasteiger partial charge in [-0.2, -0.15) is 0 Å². The molecular weight excluding hydrogens is 446 g/mol. The van der Waals surface area contributed by atoms with Crippen LogP contribution in [0.1, 0.15) is 38.9 Å². The van der Waals surface area contributed by atoms with Gasteiger partial charge in [-0.05, 0) is 94.6 Å². The van der Waals surface area contributed by atoms with E-state index in [9.17, 15) is 4.79 Å². The van der Waals surface area contributed by atoms with Gasteiger partial charge in [0.15, 0.2) is 6.61 Å². The van der Waals surface area contributed by atoms with Crippen LogP contribution in [-0.4, -0.2) is 12.5 Å². The lowest BCUT2D eigenvalue weighted by Gasteiger charge is -2.21. The van der Waals surface area contributed by atoms with Crippen molar-refractivity contribution < 1.29 is 14.3 Å². The molecule has 0 unspecified atom stereocenters. The Bertz CT molecular complexity index is 1490. The second-order valence-corrected chi connectivity index (χ2v) is 9.36. The number of hydrogen-bond acceptors (Lipinski definition) is 3. The van der Waals surface area contributed by atoms with Crippen LogP contribution in [0.5, 0.6) is 11.5 Å². The van der Waals surface area contributed by atoms with Crippen molar-refractivity contribution in [1.82, 2.24) is 0 Å². The summed E-state index contributed by atoms with van der Waals surface area (Å²) in [6.07, 6.45) is 4.14. The monoisotopic (exact) mass is 473 g/mol. The fraction of sp³-hybridized carbons (Fsp3) is 0.156. The zero-order valence-electron chi connectivity index (χ0n) is 20.2. The number of nitrogens with one attached hydrogen (secondary N) is 1. The van der Waals surface area contributed by atoms with E-state index in [0.717, 1.165) is 46.7 Å². The van der Waals surface area contributed by atoms with Crippen LogP contribution >= 0.6 is 0 Å². The Morgan fingerprint density at radius 1 is 0.889 bits per heavy atom. The number of carbonyl (C=O) groups is 1. The van der Waals surface area contributed by atoms with Crippen molar-refractivity contribution in [3.63, 3.8) is 0 Å². The Morgan fingerprint density at radius 3 is 2.56 bits per heavy atom. The second kappa shape index (κ2) is 9.38. The van der Waals surface area contributed by atoms with Crippen LogP contribution in [0.25, 0.3) is 11.6 Å². The summed E-state index contributed by atoms with van der Waals surface area (Å²) in [6.45, 7) is 2.62. The van der Waals surface area contributed by atoms with Crippen molar-refractivity contribution >= 4 is 23.2 Å². The third kappa shape index (κ3) is 4.38. The first kappa shape index (κ1) is 22.2. The lowest BCUT2D eigenvalue weighted by Crippen LogP contribution is -2.25. The summed E-state index contributed by atoms with van der Waals surface area (Å²) in [6, 6.07) is 29.4. The predicted molar refractivity (Wildman–Crippen MR) is 143 cm³/mol. The molecule has 6 rings (SSSR count). The number of benzene rings is 4. The average molecular weight is 474 g/mol. The summed E-state index contributed by atoms with van der Waals surface area (Å²) in [5, 5.41) is 2.95. The molecule has 0 saturated heterocycles. The topological polar surface area (TPSA) is 47.6 Å². The maximum Gasteiger partial charge on any atom is 0.262 e. The normalized spacial score (nSPS) is 15.1. The molecule has 0 bridgehead atoms. The van der Waals surface area contributed by atoms with E-state index in [4.69, 9.17) is 9.47 Å². The molecule has 1 aliphatic heterocycles. The number of ether oxygens (including phenoxy) is 2. The highest BCUT2D eigenvalue weighted by Crippen LogP contribution is 2.39. The average Bonchev–Trinajstić information content (AvgIpc) is 3.05. The first-order chi connectivity index (χ1) is 17.6. The molecule has 1 amide bonds. The van der Waals surface area contributed by atoms with Gasteiger partial charge in [-0.3, -0.25) is 4.79 Å². The summed E-state index contributed by atoms with van der Waals surface area (Å²) < 4.78 is 11.8. The van der Waals surface area contributed by atoms with E-state index in [-0.39, 0.29) is 12.5 Å². The minimum atomic E-state index is -0.125. The predicted octanol–water partition coefficient (Wildman–Crippen LogP) is 6.59. The van der Waals surface area contributed by atoms with Gasteiger partial charge >= 0.3 is 0 Å². The number of aryl methyl sites for hydroxylation is 3. The molecule has 1 aliphatic carbocycles. The molecule has 1 N–H and O–H groups in total. The van der Waals surface area contributed by atoms with Crippen molar-refractivity contribution in [1.29, 1.82) is 0 Å². The molecule has 0 radical (unpaired) electrons. The highest BCUT2D eigenvalue weighted by atomic mass is 16.5. The van der Waals surface area contributed by atoms with Gasteiger partial charge in [0.2, 0.25) is 0 Å². The largest absolute Gasteiger partial charge is 0.489 e. The number of anilines is 1. The van der Waals surface area contributed by atoms with Gasteiger partial charge in [0.05, 0.1) is 5.69 Å². The molecule has 0 fully saturated rings. The standard InChI is InChI=1S/C32H27NO3/c1-21-15-23(17-30-32(21)36-20-31(34)33-30)16-29-27-10-6-5-9-24(27)11-12-25-18-26(13-14-28(25)29)35-19-22-7-3-2-4-8-22/h2-10,13-18H,11-12,19-20H2,1H3,(H,33,34)/b29-16+. The molecule has 36 heavy (non-hydrogen) atoms. The lowest BCUT2D eigenvalue weighted by atomic mass is 9.91. The van der Waals surface area contributed by atoms with Crippen LogP contribution in [0, 0.1) is 6.92 Å². The Labute approximate surface area is 211 Å². The van der Waals surface area contributed by atoms with Gasteiger partial charge in [0.25, 0.3) is 5.91 Å². The number of fused-ring (bicyclic) bond motifs is 3. The van der Waals surface area contributed by atoms with Gasteiger partial charge in [0.1, 0.15) is 18.1 Å². The van der Waals surface area contributed by atoms with E-state index in [1.54, 1.807) is 0 Å². The highest BCUT2D eigenvalue weighted by molar-refractivity contribution is 5.98. The molecule has 4 aromatic carbocycles. The highest BCUT2D eigenvalue weighted by Gasteiger charge is 2.21. The smallest absolute Gasteiger partial charge is 0.262 e. The molecule has 1 heterocycles. The molecule has 0 spiro atoms. The molecular formula is C32H27NO3. The SMILES string of the molecule is Cc1cc(/C=C2\c3ccccc3CCc3cc(OCc4ccccc4)ccc32)cc2c1OCC(=O)N2. The van der Waals surface area contributed by atoms with Gasteiger partial charge in [-0.15, -0.1) is 0 Å². The summed E-state index contributed by atoms with van der Waals surface area (Å²) in [5.74, 6) is 1.51. The maximum absolute atomic E-state index is 11.9. The lowest BCUT2D eigenvalue weighted by molar-refractivity contribution is -0.118. The van der Waals surface area contributed by atoms with Crippen molar-refractivity contribution in [2.45, 2.75) is 26.4 Å². The summed E-state index contributed by atoms with van der Waals surface area (Å²) in [5.41, 5.74) is 10.1. The fourth-order valence-corrected chi connectivity index (χ4v) is 5.10. The fourth-order valence-electron chi connectivity index (χ4n) is 5.10. The maximum atomic E-state index is 11.9. The molecule has 2 aliphatic rings. The molecule has 4 heteroatoms. The summed E-state index contributed by atoms with van der Waals surface area (Å²) >= 11 is 0. The van der Waals surface area contributed by atoms with Gasteiger partial charge in [-0.1, -0.05) is 60.7 Å². The molecule has 4 aromatic rings. The number of rotatable bonds is 4. The van der Waals surface area contributed by atoms with Crippen LogP contribution in [0.4, 0.5) is 5.69 Å². The van der Waals surface area contributed by atoms with E-state index in [1.165, 1.54) is 27.8 Å². The van der Waals surface area contributed by atoms with Gasteiger partial charge in [-0.25, -0.2) is 0 Å². The second-order valence-electron chi connectivity index (χ2n) is 9.36. The van der Waals surface area contributed by atoms with E-state index in [2.05, 4.69) is 72.1 Å². The number of amides is 1. The van der Waals surface area contributed by atoms with Crippen LogP contribution < -0.4 is 14.8 Å². The quantitative estimate of drug-likeness (QED) is 0.364. The molecule has 0 atom stereocenters. The van der Waals surface area contributed by atoms with Crippen molar-refractivity contribution in [2.24, 2.45) is 0 Å². The van der Waals surface area contributed by atoms with E-state index >= 15 is 0 Å². The van der Waals surface area contributed by atoms with Crippen LogP contribution in [0.3, 0.4) is 0 Å². The Balaban J connectivity index is 1.41. The molecule has 4 nitrogen and oxygen atoms in total. The molecule has 0 saturated carbocycles. The molecule has 178 valence electrons. The summed E-state index contributed by atoms with van der Waals surface area (Å²) in [7, 11) is 0. The Hall–Kier alpha value is -4.31. The molecule has 0 aromatic heterocycles. The minimum Gasteiger partial charge on any atom is -0.489 e. The van der Waals surface area contributed by atoms with Crippen LogP contribution in [0.15, 0.2) is 84.9 Å². The van der Waals surface area contributed by atoms with E-state index in [0.29, 0.717) is 6.61 Å². The first-order valence-electron chi connectivity index (χ1n) is 12.3. The van der Waals surface area contributed by atoms with Crippen LogP contribution in [-0.2, 0) is 24.2 Å². The van der Waals surface area contributed by atoms with E-state index in [1.807, 2.05) is 31.2 Å². The van der Waals surface area contributed by atoms with Crippen molar-refractivity contribution in [3.8, 4) is 11.5 Å². The minimum absolute atomic E-state index is 0.0592. The number of hydrogen-bond donors (Lipinski definition) is 1. The number of carbonyl (C=O) groups excluding carboxylic acids is 1. The zero-order valence-corrected chi connectivity index (χ0v) is 20.2. The van der Waals surface area contributed by atoms with Crippen LogP contribution in [0.2, 0.25) is 0 Å². The third-order valence-corrected chi connectivity index (χ3v) is 6.82. The van der Waals surface area contributed by atoms with Gasteiger partial charge < -0.3 is 14.8 Å². The van der Waals surface area contributed by atoms with Crippen molar-refractivity contribution in [3.05, 3.63) is 124 Å².